The molecule has 31 heavy (non-hydrogen) atoms. The molecule has 6 heteroatoms. The molecule has 2 fully saturated rings. The average molecular weight is 431 g/mol. The second-order valence-electron chi connectivity index (χ2n) is 9.13. The van der Waals surface area contributed by atoms with Gasteiger partial charge in [0.15, 0.2) is 6.19 Å². The third-order valence-electron chi connectivity index (χ3n) is 7.36. The van der Waals surface area contributed by atoms with Gasteiger partial charge in [-0.15, -0.1) is 0 Å². The molecule has 1 N–H and O–H groups in total. The summed E-state index contributed by atoms with van der Waals surface area (Å²) in [5.74, 6) is -0.196. The van der Waals surface area contributed by atoms with Crippen LogP contribution in [0.15, 0.2) is 36.4 Å². The van der Waals surface area contributed by atoms with Crippen molar-refractivity contribution in [1.82, 2.24) is 10.2 Å². The number of rotatable bonds is 3. The molecule has 0 aromatic heterocycles. The summed E-state index contributed by atoms with van der Waals surface area (Å²) in [4.78, 5) is 14.7. The van der Waals surface area contributed by atoms with Crippen LogP contribution in [0.4, 0.5) is 0 Å². The highest BCUT2D eigenvalue weighted by molar-refractivity contribution is 6.34. The fraction of sp³-hybridized carbons (Fsp3) is 0.400. The third-order valence-corrected chi connectivity index (χ3v) is 7.67. The van der Waals surface area contributed by atoms with Crippen LogP contribution in [0.3, 0.4) is 0 Å². The molecular formula is C25H23ClN4O. The van der Waals surface area contributed by atoms with E-state index in [-0.39, 0.29) is 24.0 Å². The van der Waals surface area contributed by atoms with Crippen LogP contribution in [-0.4, -0.2) is 28.9 Å². The second kappa shape index (κ2) is 7.29. The van der Waals surface area contributed by atoms with Crippen LogP contribution in [0.1, 0.15) is 54.1 Å². The van der Waals surface area contributed by atoms with E-state index in [1.165, 1.54) is 5.56 Å². The molecule has 2 heterocycles. The van der Waals surface area contributed by atoms with Crippen molar-refractivity contribution < 1.29 is 4.79 Å². The number of benzene rings is 2. The number of halogens is 1. The van der Waals surface area contributed by atoms with Crippen molar-refractivity contribution in [3.05, 3.63) is 58.1 Å². The minimum atomic E-state index is -0.451. The van der Waals surface area contributed by atoms with Gasteiger partial charge >= 0.3 is 0 Å². The Balaban J connectivity index is 1.37. The van der Waals surface area contributed by atoms with E-state index in [4.69, 9.17) is 11.6 Å². The third kappa shape index (κ3) is 3.16. The number of aryl methyl sites for hydroxylation is 1. The van der Waals surface area contributed by atoms with Crippen LogP contribution in [0.5, 0.6) is 0 Å². The van der Waals surface area contributed by atoms with Gasteiger partial charge in [-0.05, 0) is 79.5 Å². The van der Waals surface area contributed by atoms with Gasteiger partial charge in [-0.25, -0.2) is 0 Å². The maximum absolute atomic E-state index is 12.9. The molecule has 2 saturated heterocycles. The minimum Gasteiger partial charge on any atom is -0.347 e. The van der Waals surface area contributed by atoms with Crippen LogP contribution < -0.4 is 5.32 Å². The molecule has 1 amide bonds. The van der Waals surface area contributed by atoms with Gasteiger partial charge in [0.2, 0.25) is 0 Å². The number of amides is 1. The fourth-order valence-corrected chi connectivity index (χ4v) is 5.81. The van der Waals surface area contributed by atoms with Gasteiger partial charge in [0, 0.05) is 6.04 Å². The van der Waals surface area contributed by atoms with Gasteiger partial charge in [-0.2, -0.15) is 10.5 Å². The van der Waals surface area contributed by atoms with Crippen molar-refractivity contribution in [2.24, 2.45) is 0 Å². The summed E-state index contributed by atoms with van der Waals surface area (Å²) in [7, 11) is 0. The SMILES string of the molecule is C[C@@]1(C#N)CCc2ccc(-c3ccc(C(=O)N[C@@H]4C[C@@H]5CC[C@H]4N5C#N)c(Cl)c3)cc21. The van der Waals surface area contributed by atoms with Crippen molar-refractivity contribution in [3.63, 3.8) is 0 Å². The molecule has 0 radical (unpaired) electrons. The fourth-order valence-electron chi connectivity index (χ4n) is 5.55. The molecule has 0 saturated carbocycles. The lowest BCUT2D eigenvalue weighted by atomic mass is 9.84. The number of nitrogens with zero attached hydrogens (tertiary/aromatic N) is 3. The molecule has 2 bridgehead atoms. The van der Waals surface area contributed by atoms with Crippen LogP contribution in [0.2, 0.25) is 5.02 Å². The quantitative estimate of drug-likeness (QED) is 0.724. The second-order valence-corrected chi connectivity index (χ2v) is 9.54. The normalized spacial score (nSPS) is 28.1. The van der Waals surface area contributed by atoms with Gasteiger partial charge in [-0.1, -0.05) is 29.8 Å². The first-order chi connectivity index (χ1) is 14.9. The molecule has 2 aromatic carbocycles. The van der Waals surface area contributed by atoms with Crippen molar-refractivity contribution >= 4 is 17.5 Å². The molecule has 4 atom stereocenters. The Morgan fingerprint density at radius 3 is 2.68 bits per heavy atom. The van der Waals surface area contributed by atoms with Gasteiger partial charge < -0.3 is 10.2 Å². The van der Waals surface area contributed by atoms with E-state index in [2.05, 4.69) is 35.8 Å². The minimum absolute atomic E-state index is 0.0120. The molecule has 0 unspecified atom stereocenters. The number of fused-ring (bicyclic) bond motifs is 3. The molecule has 156 valence electrons. The summed E-state index contributed by atoms with van der Waals surface area (Å²) in [6, 6.07) is 14.5. The standard InChI is InChI=1S/C25H23ClN4O/c1-25(13-27)9-8-15-2-3-16(10-20(15)25)17-4-6-19(21(26)11-17)24(31)29-22-12-18-5-7-23(22)30(18)14-28/h2-4,6,10-11,18,22-23H,5,7-9,12H2,1H3,(H,29,31)/t18-,22+,23+,25-/m0/s1. The topological polar surface area (TPSA) is 79.9 Å². The van der Waals surface area contributed by atoms with Gasteiger partial charge in [0.05, 0.1) is 34.2 Å². The predicted octanol–water partition coefficient (Wildman–Crippen LogP) is 4.55. The first-order valence-electron chi connectivity index (χ1n) is 10.8. The van der Waals surface area contributed by atoms with Crippen molar-refractivity contribution in [2.45, 2.75) is 62.6 Å². The lowest BCUT2D eigenvalue weighted by molar-refractivity contribution is 0.0928. The largest absolute Gasteiger partial charge is 0.347 e. The lowest BCUT2D eigenvalue weighted by Gasteiger charge is -2.22. The van der Waals surface area contributed by atoms with Crippen LogP contribution >= 0.6 is 11.6 Å². The van der Waals surface area contributed by atoms with Crippen molar-refractivity contribution in [1.29, 1.82) is 10.5 Å². The van der Waals surface area contributed by atoms with Crippen LogP contribution in [-0.2, 0) is 11.8 Å². The Bertz CT molecular complexity index is 1160. The first kappa shape index (κ1) is 19.9. The number of carbonyl (C=O) groups excluding carboxylic acids is 1. The van der Waals surface area contributed by atoms with Crippen molar-refractivity contribution in [2.75, 3.05) is 0 Å². The summed E-state index contributed by atoms with van der Waals surface area (Å²) >= 11 is 6.52. The summed E-state index contributed by atoms with van der Waals surface area (Å²) in [5.41, 5.74) is 4.23. The van der Waals surface area contributed by atoms with Crippen LogP contribution in [0, 0.1) is 22.8 Å². The molecule has 5 rings (SSSR count). The zero-order valence-corrected chi connectivity index (χ0v) is 18.1. The summed E-state index contributed by atoms with van der Waals surface area (Å²) in [5, 5.41) is 22.4. The number of hydrogen-bond donors (Lipinski definition) is 1. The Labute approximate surface area is 187 Å². The Hall–Kier alpha value is -3.02. The highest BCUT2D eigenvalue weighted by Crippen LogP contribution is 2.41. The van der Waals surface area contributed by atoms with Crippen molar-refractivity contribution in [3.8, 4) is 23.4 Å². The monoisotopic (exact) mass is 430 g/mol. The summed E-state index contributed by atoms with van der Waals surface area (Å²) in [6.07, 6.45) is 6.81. The number of carbonyl (C=O) groups is 1. The van der Waals surface area contributed by atoms with E-state index in [1.807, 2.05) is 24.0 Å². The molecule has 2 aliphatic heterocycles. The number of nitriles is 2. The molecule has 2 aromatic rings. The zero-order chi connectivity index (χ0) is 21.8. The zero-order valence-electron chi connectivity index (χ0n) is 17.4. The van der Waals surface area contributed by atoms with Crippen LogP contribution in [0.25, 0.3) is 11.1 Å². The van der Waals surface area contributed by atoms with Gasteiger partial charge in [0.25, 0.3) is 5.91 Å². The smallest absolute Gasteiger partial charge is 0.253 e. The van der Waals surface area contributed by atoms with E-state index in [0.29, 0.717) is 10.6 Å². The van der Waals surface area contributed by atoms with E-state index >= 15 is 0 Å². The molecule has 1 aliphatic carbocycles. The summed E-state index contributed by atoms with van der Waals surface area (Å²) < 4.78 is 0. The van der Waals surface area contributed by atoms with Gasteiger partial charge in [0.1, 0.15) is 0 Å². The summed E-state index contributed by atoms with van der Waals surface area (Å²) in [6.45, 7) is 1.99. The number of nitrogens with one attached hydrogen (secondary N) is 1. The molecule has 0 spiro atoms. The highest BCUT2D eigenvalue weighted by atomic mass is 35.5. The Morgan fingerprint density at radius 1 is 1.19 bits per heavy atom. The van der Waals surface area contributed by atoms with Gasteiger partial charge in [-0.3, -0.25) is 4.79 Å². The van der Waals surface area contributed by atoms with E-state index < -0.39 is 5.41 Å². The lowest BCUT2D eigenvalue weighted by Crippen LogP contribution is -2.43. The maximum Gasteiger partial charge on any atom is 0.253 e. The van der Waals surface area contributed by atoms with E-state index in [1.54, 1.807) is 6.07 Å². The molecular weight excluding hydrogens is 408 g/mol. The Kier molecular flexibility index (Phi) is 4.68. The predicted molar refractivity (Wildman–Crippen MR) is 118 cm³/mol. The average Bonchev–Trinajstić information content (AvgIpc) is 3.44. The Morgan fingerprint density at radius 2 is 1.97 bits per heavy atom. The first-order valence-corrected chi connectivity index (χ1v) is 11.1. The number of hydrogen-bond acceptors (Lipinski definition) is 4. The molecule has 5 nitrogen and oxygen atoms in total. The van der Waals surface area contributed by atoms with E-state index in [0.717, 1.165) is 48.8 Å². The maximum atomic E-state index is 12.9. The molecule has 3 aliphatic rings. The van der Waals surface area contributed by atoms with E-state index in [9.17, 15) is 15.3 Å². The highest BCUT2D eigenvalue weighted by Gasteiger charge is 2.46.